The van der Waals surface area contributed by atoms with E-state index >= 15 is 0 Å². The molecule has 5 nitrogen and oxygen atoms in total. The Bertz CT molecular complexity index is 411. The van der Waals surface area contributed by atoms with Crippen LogP contribution in [0, 0.1) is 17.3 Å². The molecule has 2 aliphatic rings. The lowest BCUT2D eigenvalue weighted by molar-refractivity contribution is -0.227. The summed E-state index contributed by atoms with van der Waals surface area (Å²) < 4.78 is 0. The largest absolute Gasteiger partial charge is 0.393 e. The molecule has 2 saturated carbocycles. The Morgan fingerprint density at radius 2 is 1.80 bits per heavy atom. The maximum absolute atomic E-state index is 12.3. The number of carbonyl (C=O) groups is 1. The van der Waals surface area contributed by atoms with Crippen LogP contribution in [0.4, 0.5) is 0 Å². The summed E-state index contributed by atoms with van der Waals surface area (Å²) in [7, 11) is 0. The van der Waals surface area contributed by atoms with E-state index in [4.69, 9.17) is 0 Å². The number of aliphatic hydroxyl groups excluding tert-OH is 2. The Labute approximate surface area is 119 Å². The first-order chi connectivity index (χ1) is 8.91. The predicted octanol–water partition coefficient (Wildman–Crippen LogP) is 0.235. The van der Waals surface area contributed by atoms with Gasteiger partial charge in [0.2, 0.25) is 0 Å². The van der Waals surface area contributed by atoms with Crippen molar-refractivity contribution in [2.45, 2.75) is 70.4 Å². The predicted molar refractivity (Wildman–Crippen MR) is 72.9 cm³/mol. The minimum absolute atomic E-state index is 0.0266. The van der Waals surface area contributed by atoms with Crippen molar-refractivity contribution in [2.24, 2.45) is 17.3 Å². The van der Waals surface area contributed by atoms with E-state index in [2.05, 4.69) is 0 Å². The van der Waals surface area contributed by atoms with Crippen molar-refractivity contribution in [1.82, 2.24) is 0 Å². The van der Waals surface area contributed by atoms with Crippen LogP contribution in [-0.2, 0) is 4.79 Å². The third-order valence-electron chi connectivity index (χ3n) is 5.42. The van der Waals surface area contributed by atoms with Gasteiger partial charge in [-0.1, -0.05) is 6.92 Å². The molecule has 0 spiro atoms. The highest BCUT2D eigenvalue weighted by Crippen LogP contribution is 2.55. The van der Waals surface area contributed by atoms with Gasteiger partial charge in [0, 0.05) is 23.7 Å². The first kappa shape index (κ1) is 15.9. The van der Waals surface area contributed by atoms with Crippen LogP contribution in [0.25, 0.3) is 0 Å². The van der Waals surface area contributed by atoms with Gasteiger partial charge in [0.1, 0.15) is 5.78 Å². The maximum Gasteiger partial charge on any atom is 0.139 e. The summed E-state index contributed by atoms with van der Waals surface area (Å²) in [6, 6.07) is 0. The van der Waals surface area contributed by atoms with Gasteiger partial charge in [-0.05, 0) is 33.6 Å². The minimum atomic E-state index is -1.28. The van der Waals surface area contributed by atoms with Gasteiger partial charge < -0.3 is 20.4 Å². The quantitative estimate of drug-likeness (QED) is 0.553. The molecule has 0 aromatic heterocycles. The van der Waals surface area contributed by atoms with Crippen LogP contribution in [0.2, 0.25) is 0 Å². The first-order valence-corrected chi connectivity index (χ1v) is 7.25. The number of hydrogen-bond acceptors (Lipinski definition) is 5. The van der Waals surface area contributed by atoms with Gasteiger partial charge in [0.05, 0.1) is 23.4 Å². The van der Waals surface area contributed by atoms with Crippen LogP contribution < -0.4 is 0 Å². The molecule has 116 valence electrons. The number of ketones is 1. The standard InChI is InChI=1S/C15H26O5/c1-13(2,19)10-8(16)7-14(3)9(17)5-6-15(4,20)12(14)11(10)18/h8,10-12,16,18-20H,5-7H2,1-4H3/t8-,10+,11+,12?,14-,15-/m0/s1. The molecule has 0 amide bonds. The number of fused-ring (bicyclic) bond motifs is 1. The third-order valence-corrected chi connectivity index (χ3v) is 5.42. The van der Waals surface area contributed by atoms with Crippen LogP contribution in [0.15, 0.2) is 0 Å². The zero-order chi connectivity index (χ0) is 15.5. The molecule has 0 aromatic carbocycles. The summed E-state index contributed by atoms with van der Waals surface area (Å²) in [6.45, 7) is 6.41. The molecule has 4 N–H and O–H groups in total. The van der Waals surface area contributed by atoms with Crippen LogP contribution in [0.5, 0.6) is 0 Å². The van der Waals surface area contributed by atoms with E-state index in [0.29, 0.717) is 6.42 Å². The van der Waals surface area contributed by atoms with E-state index in [-0.39, 0.29) is 18.6 Å². The molecule has 2 rings (SSSR count). The number of carbonyl (C=O) groups excluding carboxylic acids is 1. The number of Topliss-reactive ketones (excluding diaryl/α,β-unsaturated/α-hetero) is 1. The fourth-order valence-corrected chi connectivity index (χ4v) is 4.54. The lowest BCUT2D eigenvalue weighted by Gasteiger charge is -2.58. The van der Waals surface area contributed by atoms with Crippen molar-refractivity contribution in [2.75, 3.05) is 0 Å². The summed E-state index contributed by atoms with van der Waals surface area (Å²) in [5.74, 6) is -1.48. The van der Waals surface area contributed by atoms with Gasteiger partial charge in [0.15, 0.2) is 0 Å². The van der Waals surface area contributed by atoms with E-state index in [1.54, 1.807) is 13.8 Å². The molecule has 5 heteroatoms. The Kier molecular flexibility index (Phi) is 3.58. The zero-order valence-corrected chi connectivity index (χ0v) is 12.6. The molecular weight excluding hydrogens is 260 g/mol. The second kappa shape index (κ2) is 4.50. The fourth-order valence-electron chi connectivity index (χ4n) is 4.54. The second-order valence-corrected chi connectivity index (χ2v) is 7.62. The van der Waals surface area contributed by atoms with Crippen molar-refractivity contribution < 1.29 is 25.2 Å². The van der Waals surface area contributed by atoms with Crippen LogP contribution in [0.1, 0.15) is 47.0 Å². The molecule has 0 aliphatic heterocycles. The van der Waals surface area contributed by atoms with Gasteiger partial charge in [-0.25, -0.2) is 0 Å². The summed E-state index contributed by atoms with van der Waals surface area (Å²) in [6.07, 6.45) is -1.37. The third kappa shape index (κ3) is 2.21. The topological polar surface area (TPSA) is 98.0 Å². The number of rotatable bonds is 1. The van der Waals surface area contributed by atoms with Crippen molar-refractivity contribution >= 4 is 5.78 Å². The van der Waals surface area contributed by atoms with Crippen LogP contribution in [0.3, 0.4) is 0 Å². The smallest absolute Gasteiger partial charge is 0.139 e. The highest BCUT2D eigenvalue weighted by Gasteiger charge is 2.63. The van der Waals surface area contributed by atoms with Crippen molar-refractivity contribution in [3.05, 3.63) is 0 Å². The molecule has 0 radical (unpaired) electrons. The average Bonchev–Trinajstić information content (AvgIpc) is 2.20. The molecule has 0 bridgehead atoms. The van der Waals surface area contributed by atoms with E-state index < -0.39 is 40.7 Å². The SMILES string of the molecule is CC(C)(O)[C@@H]1[C@@H](O)C[C@@]2(C)C(=O)CC[C@](C)(O)C2[C@@H]1O. The van der Waals surface area contributed by atoms with Crippen molar-refractivity contribution in [3.8, 4) is 0 Å². The minimum Gasteiger partial charge on any atom is -0.393 e. The molecule has 0 aromatic rings. The molecule has 2 aliphatic carbocycles. The lowest BCUT2D eigenvalue weighted by Crippen LogP contribution is -2.67. The van der Waals surface area contributed by atoms with E-state index in [0.717, 1.165) is 0 Å². The fraction of sp³-hybridized carbons (Fsp3) is 0.933. The summed E-state index contributed by atoms with van der Waals surface area (Å²) >= 11 is 0. The maximum atomic E-state index is 12.3. The lowest BCUT2D eigenvalue weighted by atomic mass is 9.50. The van der Waals surface area contributed by atoms with E-state index in [9.17, 15) is 25.2 Å². The van der Waals surface area contributed by atoms with Crippen molar-refractivity contribution in [3.63, 3.8) is 0 Å². The number of hydrogen-bond donors (Lipinski definition) is 4. The Balaban J connectivity index is 2.47. The van der Waals surface area contributed by atoms with E-state index in [1.807, 2.05) is 0 Å². The molecule has 0 saturated heterocycles. The van der Waals surface area contributed by atoms with E-state index in [1.165, 1.54) is 13.8 Å². The average molecular weight is 286 g/mol. The van der Waals surface area contributed by atoms with Gasteiger partial charge in [-0.3, -0.25) is 4.79 Å². The molecule has 1 unspecified atom stereocenters. The Hall–Kier alpha value is -0.490. The Morgan fingerprint density at radius 3 is 2.30 bits per heavy atom. The summed E-state index contributed by atoms with van der Waals surface area (Å²) in [5, 5.41) is 41.8. The zero-order valence-electron chi connectivity index (χ0n) is 12.6. The molecule has 0 heterocycles. The Morgan fingerprint density at radius 1 is 1.25 bits per heavy atom. The van der Waals surface area contributed by atoms with Gasteiger partial charge in [-0.2, -0.15) is 0 Å². The summed E-state index contributed by atoms with van der Waals surface area (Å²) in [4.78, 5) is 12.3. The van der Waals surface area contributed by atoms with Gasteiger partial charge >= 0.3 is 0 Å². The molecule has 20 heavy (non-hydrogen) atoms. The van der Waals surface area contributed by atoms with Crippen LogP contribution in [-0.4, -0.2) is 49.6 Å². The second-order valence-electron chi connectivity index (χ2n) is 7.62. The van der Waals surface area contributed by atoms with Gasteiger partial charge in [-0.15, -0.1) is 0 Å². The normalized spacial score (nSPS) is 49.9. The first-order valence-electron chi connectivity index (χ1n) is 7.25. The summed E-state index contributed by atoms with van der Waals surface area (Å²) in [5.41, 5.74) is -3.40. The molecule has 6 atom stereocenters. The number of aliphatic hydroxyl groups is 4. The molecular formula is C15H26O5. The molecule has 2 fully saturated rings. The van der Waals surface area contributed by atoms with Gasteiger partial charge in [0.25, 0.3) is 0 Å². The van der Waals surface area contributed by atoms with Crippen molar-refractivity contribution in [1.29, 1.82) is 0 Å². The highest BCUT2D eigenvalue weighted by molar-refractivity contribution is 5.86. The highest BCUT2D eigenvalue weighted by atomic mass is 16.3. The van der Waals surface area contributed by atoms with Crippen LogP contribution >= 0.6 is 0 Å². The monoisotopic (exact) mass is 286 g/mol.